The Morgan fingerprint density at radius 2 is 1.75 bits per heavy atom. The number of aliphatic hydroxyl groups is 1. The van der Waals surface area contributed by atoms with Crippen molar-refractivity contribution in [2.75, 3.05) is 0 Å². The van der Waals surface area contributed by atoms with E-state index >= 15 is 0 Å². The van der Waals surface area contributed by atoms with E-state index in [-0.39, 0.29) is 18.4 Å². The molecule has 1 saturated carbocycles. The summed E-state index contributed by atoms with van der Waals surface area (Å²) in [6.07, 6.45) is -15.1. The molecule has 4 atom stereocenters. The van der Waals surface area contributed by atoms with E-state index in [0.717, 1.165) is 0 Å². The molecule has 2 bridgehead atoms. The van der Waals surface area contributed by atoms with Gasteiger partial charge in [0.15, 0.2) is 0 Å². The molecular weight excluding hydrogens is 346 g/mol. The van der Waals surface area contributed by atoms with Gasteiger partial charge in [0.2, 0.25) is 6.29 Å². The average molecular weight is 362 g/mol. The monoisotopic (exact) mass is 362 g/mol. The van der Waals surface area contributed by atoms with Gasteiger partial charge in [-0.2, -0.15) is 26.3 Å². The SMILES string of the molecule is C=C(C)C(=O)OC1OC2CC1CC2CC(O)(C(F)(F)F)C(F)(F)F. The van der Waals surface area contributed by atoms with Crippen molar-refractivity contribution in [1.82, 2.24) is 0 Å². The molecule has 4 unspecified atom stereocenters. The molecule has 2 aliphatic rings. The van der Waals surface area contributed by atoms with Crippen LogP contribution in [0, 0.1) is 11.8 Å². The lowest BCUT2D eigenvalue weighted by molar-refractivity contribution is -0.374. The highest BCUT2D eigenvalue weighted by atomic mass is 19.4. The molecule has 138 valence electrons. The van der Waals surface area contributed by atoms with Gasteiger partial charge in [-0.3, -0.25) is 0 Å². The fourth-order valence-electron chi connectivity index (χ4n) is 3.12. The number of halogens is 6. The third-order valence-electron chi connectivity index (χ3n) is 4.43. The molecule has 0 aromatic carbocycles. The van der Waals surface area contributed by atoms with E-state index in [1.807, 2.05) is 0 Å². The molecule has 0 aromatic heterocycles. The normalized spacial score (nSPS) is 30.5. The van der Waals surface area contributed by atoms with Crippen LogP contribution in [-0.2, 0) is 14.3 Å². The summed E-state index contributed by atoms with van der Waals surface area (Å²) >= 11 is 0. The van der Waals surface area contributed by atoms with Gasteiger partial charge in [-0.25, -0.2) is 4.79 Å². The van der Waals surface area contributed by atoms with E-state index in [1.54, 1.807) is 0 Å². The predicted octanol–water partition coefficient (Wildman–Crippen LogP) is 3.10. The van der Waals surface area contributed by atoms with Gasteiger partial charge in [-0.15, -0.1) is 0 Å². The molecule has 0 radical (unpaired) electrons. The van der Waals surface area contributed by atoms with Gasteiger partial charge >= 0.3 is 18.3 Å². The van der Waals surface area contributed by atoms with Crippen molar-refractivity contribution in [2.45, 2.75) is 56.5 Å². The van der Waals surface area contributed by atoms with Crippen molar-refractivity contribution in [3.05, 3.63) is 12.2 Å². The molecule has 2 rings (SSSR count). The molecule has 0 spiro atoms. The zero-order chi connectivity index (χ0) is 18.5. The number of esters is 1. The zero-order valence-electron chi connectivity index (χ0n) is 12.6. The van der Waals surface area contributed by atoms with Gasteiger partial charge in [-0.1, -0.05) is 6.58 Å². The minimum absolute atomic E-state index is 0.0622. The lowest BCUT2D eigenvalue weighted by atomic mass is 9.85. The lowest BCUT2D eigenvalue weighted by Crippen LogP contribution is -2.58. The highest BCUT2D eigenvalue weighted by molar-refractivity contribution is 5.87. The fourth-order valence-corrected chi connectivity index (χ4v) is 3.12. The van der Waals surface area contributed by atoms with E-state index in [0.29, 0.717) is 0 Å². The number of alkyl halides is 6. The van der Waals surface area contributed by atoms with Gasteiger partial charge in [0.05, 0.1) is 6.10 Å². The van der Waals surface area contributed by atoms with E-state index in [4.69, 9.17) is 9.47 Å². The number of carbonyl (C=O) groups excluding carboxylic acids is 1. The third-order valence-corrected chi connectivity index (χ3v) is 4.43. The smallest absolute Gasteiger partial charge is 0.426 e. The Morgan fingerprint density at radius 1 is 1.21 bits per heavy atom. The zero-order valence-corrected chi connectivity index (χ0v) is 12.6. The molecule has 2 fully saturated rings. The molecule has 0 amide bonds. The number of ether oxygens (including phenoxy) is 2. The van der Waals surface area contributed by atoms with Crippen molar-refractivity contribution in [1.29, 1.82) is 0 Å². The first-order valence-corrected chi connectivity index (χ1v) is 7.14. The molecule has 24 heavy (non-hydrogen) atoms. The summed E-state index contributed by atoms with van der Waals surface area (Å²) in [5.41, 5.74) is -4.69. The maximum Gasteiger partial charge on any atom is 0.426 e. The van der Waals surface area contributed by atoms with E-state index in [9.17, 15) is 36.2 Å². The number of hydrogen-bond donors (Lipinski definition) is 1. The summed E-state index contributed by atoms with van der Waals surface area (Å²) in [6, 6.07) is 0. The molecule has 1 aliphatic carbocycles. The van der Waals surface area contributed by atoms with Crippen molar-refractivity contribution in [2.24, 2.45) is 11.8 Å². The van der Waals surface area contributed by atoms with Crippen LogP contribution in [0.5, 0.6) is 0 Å². The number of carbonyl (C=O) groups is 1. The highest BCUT2D eigenvalue weighted by Gasteiger charge is 2.71. The van der Waals surface area contributed by atoms with Gasteiger partial charge in [0, 0.05) is 11.5 Å². The van der Waals surface area contributed by atoms with Crippen molar-refractivity contribution in [3.63, 3.8) is 0 Å². The Bertz CT molecular complexity index is 512. The summed E-state index contributed by atoms with van der Waals surface area (Å²) in [5.74, 6) is -2.39. The molecule has 1 N–H and O–H groups in total. The van der Waals surface area contributed by atoms with Crippen LogP contribution in [0.15, 0.2) is 12.2 Å². The molecule has 10 heteroatoms. The molecule has 1 aliphatic heterocycles. The third kappa shape index (κ3) is 3.26. The van der Waals surface area contributed by atoms with Crippen LogP contribution in [0.4, 0.5) is 26.3 Å². The molecule has 4 nitrogen and oxygen atoms in total. The van der Waals surface area contributed by atoms with Gasteiger partial charge in [-0.05, 0) is 32.1 Å². The quantitative estimate of drug-likeness (QED) is 0.474. The number of rotatable bonds is 4. The van der Waals surface area contributed by atoms with Crippen LogP contribution < -0.4 is 0 Å². The number of hydrogen-bond acceptors (Lipinski definition) is 4. The summed E-state index contributed by atoms with van der Waals surface area (Å²) in [6.45, 7) is 4.76. The molecular formula is C14H16F6O4. The second-order valence-corrected chi connectivity index (χ2v) is 6.28. The lowest BCUT2D eigenvalue weighted by Gasteiger charge is -2.37. The van der Waals surface area contributed by atoms with Crippen LogP contribution in [0.3, 0.4) is 0 Å². The van der Waals surface area contributed by atoms with E-state index < -0.39 is 54.6 Å². The van der Waals surface area contributed by atoms with E-state index in [2.05, 4.69) is 6.58 Å². The molecule has 1 saturated heterocycles. The van der Waals surface area contributed by atoms with E-state index in [1.165, 1.54) is 6.92 Å². The van der Waals surface area contributed by atoms with Gasteiger partial charge < -0.3 is 14.6 Å². The predicted molar refractivity (Wildman–Crippen MR) is 67.5 cm³/mol. The largest absolute Gasteiger partial charge is 0.432 e. The Labute approximate surface area is 133 Å². The maximum atomic E-state index is 12.7. The summed E-state index contributed by atoms with van der Waals surface area (Å²) < 4.78 is 86.6. The Hall–Kier alpha value is -1.29. The Kier molecular flexibility index (Phi) is 4.68. The van der Waals surface area contributed by atoms with Crippen LogP contribution in [-0.4, -0.2) is 41.4 Å². The minimum atomic E-state index is -5.85. The Balaban J connectivity index is 2.05. The first-order chi connectivity index (χ1) is 10.8. The van der Waals surface area contributed by atoms with Crippen LogP contribution in [0.2, 0.25) is 0 Å². The summed E-state index contributed by atoms with van der Waals surface area (Å²) in [7, 11) is 0. The second-order valence-electron chi connectivity index (χ2n) is 6.28. The summed E-state index contributed by atoms with van der Waals surface area (Å²) in [4.78, 5) is 11.4. The molecule has 1 heterocycles. The second kappa shape index (κ2) is 5.91. The maximum absolute atomic E-state index is 12.7. The van der Waals surface area contributed by atoms with Crippen LogP contribution in [0.1, 0.15) is 26.2 Å². The van der Waals surface area contributed by atoms with Crippen molar-refractivity contribution >= 4 is 5.97 Å². The Morgan fingerprint density at radius 3 is 2.12 bits per heavy atom. The van der Waals surface area contributed by atoms with Gasteiger partial charge in [0.1, 0.15) is 0 Å². The van der Waals surface area contributed by atoms with Gasteiger partial charge in [0.25, 0.3) is 5.60 Å². The van der Waals surface area contributed by atoms with Crippen LogP contribution in [0.25, 0.3) is 0 Å². The topological polar surface area (TPSA) is 55.8 Å². The highest BCUT2D eigenvalue weighted by Crippen LogP contribution is 2.53. The fraction of sp³-hybridized carbons (Fsp3) is 0.786. The van der Waals surface area contributed by atoms with Crippen molar-refractivity contribution in [3.8, 4) is 0 Å². The first-order valence-electron chi connectivity index (χ1n) is 7.14. The minimum Gasteiger partial charge on any atom is -0.432 e. The standard InChI is InChI=1S/C14H16F6O4/c1-6(2)10(21)24-11-7-3-8(9(4-7)23-11)5-12(22,13(15,16)17)14(18,19)20/h7-9,11,22H,1,3-5H2,2H3. The van der Waals surface area contributed by atoms with Crippen molar-refractivity contribution < 1.29 is 45.7 Å². The first kappa shape index (κ1) is 19.0. The molecule has 0 aromatic rings. The summed E-state index contributed by atoms with van der Waals surface area (Å²) in [5, 5.41) is 9.25. The van der Waals surface area contributed by atoms with Crippen LogP contribution >= 0.6 is 0 Å². The number of fused-ring (bicyclic) bond motifs is 2. The average Bonchev–Trinajstić information content (AvgIpc) is 2.95.